The summed E-state index contributed by atoms with van der Waals surface area (Å²) in [4.78, 5) is 18.1. The van der Waals surface area contributed by atoms with Crippen LogP contribution >= 0.6 is 11.6 Å². The highest BCUT2D eigenvalue weighted by Crippen LogP contribution is 2.54. The van der Waals surface area contributed by atoms with Gasteiger partial charge in [0.1, 0.15) is 18.1 Å². The molecular weight excluding hydrogens is 463 g/mol. The van der Waals surface area contributed by atoms with Gasteiger partial charge in [0.2, 0.25) is 5.91 Å². The minimum atomic E-state index is -2.86. The summed E-state index contributed by atoms with van der Waals surface area (Å²) >= 11 is 6.22. The number of ether oxygens (including phenoxy) is 1. The Morgan fingerprint density at radius 1 is 1.36 bits per heavy atom. The van der Waals surface area contributed by atoms with Crippen molar-refractivity contribution in [1.29, 1.82) is 0 Å². The maximum atomic E-state index is 13.6. The molecule has 1 saturated carbocycles. The Balaban J connectivity index is 1.59. The molecule has 1 aliphatic rings. The molecule has 2 heterocycles. The molecule has 176 valence electrons. The van der Waals surface area contributed by atoms with E-state index in [2.05, 4.69) is 15.2 Å². The molecule has 0 unspecified atom stereocenters. The lowest BCUT2D eigenvalue weighted by atomic mass is 9.95. The fourth-order valence-corrected chi connectivity index (χ4v) is 3.93. The number of carbonyl (C=O) groups excluding carboxylic acids is 1. The van der Waals surface area contributed by atoms with Gasteiger partial charge in [0.15, 0.2) is 11.5 Å². The normalized spacial score (nSPS) is 14.6. The molecule has 12 heteroatoms. The van der Waals surface area contributed by atoms with Crippen molar-refractivity contribution in [3.63, 3.8) is 0 Å². The van der Waals surface area contributed by atoms with Gasteiger partial charge in [-0.1, -0.05) is 22.8 Å². The van der Waals surface area contributed by atoms with E-state index < -0.39 is 29.3 Å². The van der Waals surface area contributed by atoms with Crippen LogP contribution in [-0.4, -0.2) is 58.0 Å². The minimum Gasteiger partial charge on any atom is -0.383 e. The molecule has 1 amide bonds. The first-order valence-corrected chi connectivity index (χ1v) is 10.5. The van der Waals surface area contributed by atoms with Crippen LogP contribution in [0.1, 0.15) is 36.3 Å². The summed E-state index contributed by atoms with van der Waals surface area (Å²) in [5, 5.41) is 8.37. The van der Waals surface area contributed by atoms with Crippen LogP contribution in [0, 0.1) is 5.82 Å². The van der Waals surface area contributed by atoms with Gasteiger partial charge in [-0.2, -0.15) is 10.1 Å². The summed E-state index contributed by atoms with van der Waals surface area (Å²) in [6.07, 6.45) is -1.51. The third-order valence-corrected chi connectivity index (χ3v) is 5.96. The number of amides is 1. The van der Waals surface area contributed by atoms with Crippen LogP contribution in [0.5, 0.6) is 0 Å². The number of halogens is 4. The van der Waals surface area contributed by atoms with Crippen LogP contribution in [-0.2, 0) is 21.5 Å². The summed E-state index contributed by atoms with van der Waals surface area (Å²) in [7, 11) is 3.05. The molecular formula is C21H21ClF3N5O3. The highest BCUT2D eigenvalue weighted by atomic mass is 35.5. The standard InChI is InChI=1S/C21H21ClF3N5O3/c1-29(7-8-32-2)17(31)11-30-16(18(24)25)10-15(27-30)19-26-20(28-33-19)21(5-6-21)13-4-3-12(23)9-14(13)22/h3-4,9-10,18H,5-8,11H2,1-2H3. The fraction of sp³-hybridized carbons (Fsp3) is 0.429. The van der Waals surface area contributed by atoms with Gasteiger partial charge in [0, 0.05) is 25.7 Å². The summed E-state index contributed by atoms with van der Waals surface area (Å²) in [5.74, 6) is -0.608. The van der Waals surface area contributed by atoms with Crippen molar-refractivity contribution in [2.45, 2.75) is 31.2 Å². The van der Waals surface area contributed by atoms with Gasteiger partial charge in [-0.05, 0) is 36.6 Å². The monoisotopic (exact) mass is 483 g/mol. The Kier molecular flexibility index (Phi) is 6.44. The number of methoxy groups -OCH3 is 1. The van der Waals surface area contributed by atoms with Gasteiger partial charge < -0.3 is 14.2 Å². The summed E-state index contributed by atoms with van der Waals surface area (Å²) in [5.41, 5.74) is -0.375. The zero-order chi connectivity index (χ0) is 23.8. The largest absolute Gasteiger partial charge is 0.383 e. The zero-order valence-electron chi connectivity index (χ0n) is 17.9. The molecule has 33 heavy (non-hydrogen) atoms. The van der Waals surface area contributed by atoms with Crippen molar-refractivity contribution in [1.82, 2.24) is 24.8 Å². The Hall–Kier alpha value is -2.92. The van der Waals surface area contributed by atoms with Gasteiger partial charge >= 0.3 is 0 Å². The predicted octanol–water partition coefficient (Wildman–Crippen LogP) is 3.85. The van der Waals surface area contributed by atoms with Crippen molar-refractivity contribution < 1.29 is 27.2 Å². The Labute approximate surface area is 192 Å². The quantitative estimate of drug-likeness (QED) is 0.459. The topological polar surface area (TPSA) is 86.3 Å². The first-order chi connectivity index (χ1) is 15.7. The lowest BCUT2D eigenvalue weighted by molar-refractivity contribution is -0.131. The molecule has 0 bridgehead atoms. The molecule has 2 aromatic heterocycles. The first-order valence-electron chi connectivity index (χ1n) is 10.1. The molecule has 4 rings (SSSR count). The molecule has 1 aliphatic carbocycles. The number of likely N-dealkylation sites (N-methyl/N-ethyl adjacent to an activating group) is 1. The Morgan fingerprint density at radius 3 is 2.76 bits per heavy atom. The van der Waals surface area contributed by atoms with E-state index in [-0.39, 0.29) is 23.2 Å². The molecule has 0 radical (unpaired) electrons. The number of hydrogen-bond acceptors (Lipinski definition) is 6. The molecule has 0 atom stereocenters. The van der Waals surface area contributed by atoms with Crippen LogP contribution < -0.4 is 0 Å². The lowest BCUT2D eigenvalue weighted by Gasteiger charge is -2.17. The average molecular weight is 484 g/mol. The SMILES string of the molecule is COCCN(C)C(=O)Cn1nc(-c2nc(C3(c4ccc(F)cc4Cl)CC3)no2)cc1C(F)F. The van der Waals surface area contributed by atoms with E-state index in [4.69, 9.17) is 20.9 Å². The van der Waals surface area contributed by atoms with Crippen molar-refractivity contribution in [3.05, 3.63) is 52.2 Å². The van der Waals surface area contributed by atoms with E-state index >= 15 is 0 Å². The molecule has 0 saturated heterocycles. The number of aromatic nitrogens is 4. The van der Waals surface area contributed by atoms with Crippen LogP contribution in [0.4, 0.5) is 13.2 Å². The van der Waals surface area contributed by atoms with Gasteiger partial charge in [0.25, 0.3) is 12.3 Å². The summed E-state index contributed by atoms with van der Waals surface area (Å²) in [6, 6.07) is 5.22. The molecule has 0 aliphatic heterocycles. The number of nitrogens with zero attached hydrogens (tertiary/aromatic N) is 5. The fourth-order valence-electron chi connectivity index (χ4n) is 3.58. The van der Waals surface area contributed by atoms with Crippen molar-refractivity contribution >= 4 is 17.5 Å². The van der Waals surface area contributed by atoms with Gasteiger partial charge in [-0.3, -0.25) is 9.48 Å². The van der Waals surface area contributed by atoms with Gasteiger partial charge in [0.05, 0.1) is 12.0 Å². The number of hydrogen-bond donors (Lipinski definition) is 0. The van der Waals surface area contributed by atoms with E-state index in [0.717, 1.165) is 10.7 Å². The highest BCUT2D eigenvalue weighted by molar-refractivity contribution is 6.31. The lowest BCUT2D eigenvalue weighted by Crippen LogP contribution is -2.33. The first kappa shape index (κ1) is 23.2. The molecule has 8 nitrogen and oxygen atoms in total. The summed E-state index contributed by atoms with van der Waals surface area (Å²) in [6.45, 7) is 0.253. The third kappa shape index (κ3) is 4.60. The number of rotatable bonds is 9. The van der Waals surface area contributed by atoms with E-state index in [0.29, 0.717) is 37.4 Å². The smallest absolute Gasteiger partial charge is 0.280 e. The van der Waals surface area contributed by atoms with Crippen molar-refractivity contribution in [2.24, 2.45) is 0 Å². The zero-order valence-corrected chi connectivity index (χ0v) is 18.7. The molecule has 1 fully saturated rings. The predicted molar refractivity (Wildman–Crippen MR) is 111 cm³/mol. The van der Waals surface area contributed by atoms with Gasteiger partial charge in [-0.15, -0.1) is 0 Å². The Morgan fingerprint density at radius 2 is 2.12 bits per heavy atom. The molecule has 0 spiro atoms. The maximum absolute atomic E-state index is 13.6. The Bertz CT molecular complexity index is 1160. The van der Waals surface area contributed by atoms with Crippen LogP contribution in [0.2, 0.25) is 5.02 Å². The average Bonchev–Trinajstić information content (AvgIpc) is 3.21. The molecule has 3 aromatic rings. The number of alkyl halides is 2. The van der Waals surface area contributed by atoms with E-state index in [9.17, 15) is 18.0 Å². The number of benzene rings is 1. The van der Waals surface area contributed by atoms with Crippen LogP contribution in [0.3, 0.4) is 0 Å². The highest BCUT2D eigenvalue weighted by Gasteiger charge is 2.51. The van der Waals surface area contributed by atoms with Crippen LogP contribution in [0.25, 0.3) is 11.6 Å². The number of carbonyl (C=O) groups is 1. The molecule has 1 aromatic carbocycles. The van der Waals surface area contributed by atoms with E-state index in [1.165, 1.54) is 24.1 Å². The van der Waals surface area contributed by atoms with E-state index in [1.807, 2.05) is 0 Å². The minimum absolute atomic E-state index is 0.0254. The van der Waals surface area contributed by atoms with Crippen molar-refractivity contribution in [3.8, 4) is 11.6 Å². The second-order valence-electron chi connectivity index (χ2n) is 7.85. The van der Waals surface area contributed by atoms with Gasteiger partial charge in [-0.25, -0.2) is 13.2 Å². The second-order valence-corrected chi connectivity index (χ2v) is 8.26. The molecule has 0 N–H and O–H groups in total. The third-order valence-electron chi connectivity index (χ3n) is 5.65. The second kappa shape index (κ2) is 9.14. The summed E-state index contributed by atoms with van der Waals surface area (Å²) < 4.78 is 51.8. The van der Waals surface area contributed by atoms with E-state index in [1.54, 1.807) is 13.1 Å². The maximum Gasteiger partial charge on any atom is 0.280 e. The van der Waals surface area contributed by atoms with Crippen LogP contribution in [0.15, 0.2) is 28.8 Å². The van der Waals surface area contributed by atoms with Crippen molar-refractivity contribution in [2.75, 3.05) is 27.3 Å².